The van der Waals surface area contributed by atoms with E-state index < -0.39 is 39.1 Å². The quantitative estimate of drug-likeness (QED) is 0.537. The summed E-state index contributed by atoms with van der Waals surface area (Å²) in [5, 5.41) is 30.2. The lowest BCUT2D eigenvalue weighted by atomic mass is 9.97. The molecule has 1 saturated heterocycles. The first-order valence-electron chi connectivity index (χ1n) is 7.93. The van der Waals surface area contributed by atoms with Crippen molar-refractivity contribution in [2.45, 2.75) is 57.1 Å². The zero-order valence-electron chi connectivity index (χ0n) is 13.7. The van der Waals surface area contributed by atoms with Crippen LogP contribution in [0.3, 0.4) is 0 Å². The minimum Gasteiger partial charge on any atom is -0.462 e. The third kappa shape index (κ3) is 5.36. The van der Waals surface area contributed by atoms with Crippen LogP contribution in [0.4, 0.5) is 0 Å². The van der Waals surface area contributed by atoms with Crippen molar-refractivity contribution in [3.05, 3.63) is 30.3 Å². The molecule has 0 radical (unpaired) electrons. The van der Waals surface area contributed by atoms with Crippen molar-refractivity contribution in [1.29, 1.82) is 0 Å². The molecule has 6 atom stereocenters. The molecule has 1 heterocycles. The SMILES string of the molecule is CC(C)OP(O)CCC1O[C@H](Oc2ccccc2)C(O)C(O)[C@@H]1O. The second kappa shape index (κ2) is 9.06. The van der Waals surface area contributed by atoms with Crippen LogP contribution in [0, 0.1) is 0 Å². The molecule has 136 valence electrons. The van der Waals surface area contributed by atoms with Gasteiger partial charge in [-0.2, -0.15) is 0 Å². The van der Waals surface area contributed by atoms with E-state index in [1.807, 2.05) is 19.9 Å². The Balaban J connectivity index is 1.95. The average molecular weight is 360 g/mol. The second-order valence-corrected chi connectivity index (χ2v) is 7.33. The zero-order valence-corrected chi connectivity index (χ0v) is 14.6. The Kier molecular flexibility index (Phi) is 7.37. The van der Waals surface area contributed by atoms with Gasteiger partial charge in [0.25, 0.3) is 0 Å². The van der Waals surface area contributed by atoms with E-state index in [2.05, 4.69) is 0 Å². The molecule has 0 aliphatic carbocycles. The van der Waals surface area contributed by atoms with Crippen molar-refractivity contribution in [2.24, 2.45) is 0 Å². The molecule has 1 aliphatic heterocycles. The molecule has 0 saturated carbocycles. The second-order valence-electron chi connectivity index (χ2n) is 5.96. The van der Waals surface area contributed by atoms with Gasteiger partial charge < -0.3 is 34.2 Å². The Hall–Kier alpha value is -0.790. The smallest absolute Gasteiger partial charge is 0.229 e. The number of aliphatic hydroxyl groups excluding tert-OH is 3. The molecule has 1 aliphatic rings. The summed E-state index contributed by atoms with van der Waals surface area (Å²) < 4.78 is 16.4. The lowest BCUT2D eigenvalue weighted by Crippen LogP contribution is -2.59. The normalized spacial score (nSPS) is 31.9. The van der Waals surface area contributed by atoms with E-state index in [1.54, 1.807) is 24.3 Å². The van der Waals surface area contributed by atoms with Crippen LogP contribution in [0.25, 0.3) is 0 Å². The van der Waals surface area contributed by atoms with Crippen LogP contribution >= 0.6 is 8.38 Å². The Bertz CT molecular complexity index is 487. The molecule has 1 aromatic rings. The number of benzene rings is 1. The number of aliphatic hydroxyl groups is 3. The van der Waals surface area contributed by atoms with Crippen molar-refractivity contribution in [3.63, 3.8) is 0 Å². The Morgan fingerprint density at radius 3 is 2.38 bits per heavy atom. The fraction of sp³-hybridized carbons (Fsp3) is 0.625. The zero-order chi connectivity index (χ0) is 17.7. The topological polar surface area (TPSA) is 109 Å². The van der Waals surface area contributed by atoms with Gasteiger partial charge in [-0.3, -0.25) is 0 Å². The van der Waals surface area contributed by atoms with Gasteiger partial charge in [-0.25, -0.2) is 0 Å². The molecule has 2 rings (SSSR count). The molecule has 8 heteroatoms. The molecule has 1 aromatic carbocycles. The highest BCUT2D eigenvalue weighted by Gasteiger charge is 2.44. The van der Waals surface area contributed by atoms with E-state index in [4.69, 9.17) is 14.0 Å². The van der Waals surface area contributed by atoms with Gasteiger partial charge >= 0.3 is 0 Å². The van der Waals surface area contributed by atoms with Crippen molar-refractivity contribution >= 4 is 8.38 Å². The lowest BCUT2D eigenvalue weighted by molar-refractivity contribution is -0.272. The summed E-state index contributed by atoms with van der Waals surface area (Å²) >= 11 is 0. The summed E-state index contributed by atoms with van der Waals surface area (Å²) in [4.78, 5) is 9.82. The van der Waals surface area contributed by atoms with Crippen LogP contribution in [-0.4, -0.2) is 63.2 Å². The summed E-state index contributed by atoms with van der Waals surface area (Å²) in [6, 6.07) is 8.77. The molecule has 0 spiro atoms. The Labute approximate surface area is 142 Å². The number of para-hydroxylation sites is 1. The highest BCUT2D eigenvalue weighted by molar-refractivity contribution is 7.46. The first-order valence-corrected chi connectivity index (χ1v) is 9.32. The maximum absolute atomic E-state index is 10.1. The van der Waals surface area contributed by atoms with Gasteiger partial charge in [0.1, 0.15) is 24.1 Å². The van der Waals surface area contributed by atoms with E-state index in [9.17, 15) is 20.2 Å². The number of hydrogen-bond acceptors (Lipinski definition) is 7. The van der Waals surface area contributed by atoms with Gasteiger partial charge in [-0.05, 0) is 32.4 Å². The molecule has 0 bridgehead atoms. The number of hydrogen-bond donors (Lipinski definition) is 4. The van der Waals surface area contributed by atoms with Gasteiger partial charge in [0.2, 0.25) is 6.29 Å². The maximum atomic E-state index is 10.1. The molecule has 4 unspecified atom stereocenters. The Morgan fingerprint density at radius 1 is 1.08 bits per heavy atom. The third-order valence-electron chi connectivity index (χ3n) is 3.60. The first-order chi connectivity index (χ1) is 11.4. The first kappa shape index (κ1) is 19.5. The number of rotatable bonds is 7. The predicted molar refractivity (Wildman–Crippen MR) is 88.6 cm³/mol. The van der Waals surface area contributed by atoms with Crippen molar-refractivity contribution in [3.8, 4) is 5.75 Å². The highest BCUT2D eigenvalue weighted by atomic mass is 31.2. The van der Waals surface area contributed by atoms with Crippen LogP contribution in [0.15, 0.2) is 30.3 Å². The fourth-order valence-electron chi connectivity index (χ4n) is 2.42. The molecule has 0 amide bonds. The van der Waals surface area contributed by atoms with Gasteiger partial charge in [0.05, 0.1) is 12.2 Å². The van der Waals surface area contributed by atoms with E-state index in [0.29, 0.717) is 5.75 Å². The van der Waals surface area contributed by atoms with Crippen molar-refractivity contribution in [2.75, 3.05) is 6.16 Å². The molecular formula is C16H25O7P. The van der Waals surface area contributed by atoms with Crippen molar-refractivity contribution in [1.82, 2.24) is 0 Å². The summed E-state index contributed by atoms with van der Waals surface area (Å²) in [5.74, 6) is 0.483. The molecule has 7 nitrogen and oxygen atoms in total. The van der Waals surface area contributed by atoms with E-state index >= 15 is 0 Å². The van der Waals surface area contributed by atoms with Crippen molar-refractivity contribution < 1.29 is 34.2 Å². The van der Waals surface area contributed by atoms with Gasteiger partial charge in [-0.15, -0.1) is 0 Å². The predicted octanol–water partition coefficient (Wildman–Crippen LogP) is 0.992. The van der Waals surface area contributed by atoms with Crippen LogP contribution in [0.1, 0.15) is 20.3 Å². The minimum absolute atomic E-state index is 0.0973. The lowest BCUT2D eigenvalue weighted by Gasteiger charge is -2.40. The minimum atomic E-state index is -1.63. The van der Waals surface area contributed by atoms with E-state index in [0.717, 1.165) is 0 Å². The average Bonchev–Trinajstić information content (AvgIpc) is 2.54. The Morgan fingerprint density at radius 2 is 1.75 bits per heavy atom. The largest absolute Gasteiger partial charge is 0.462 e. The standard InChI is InChI=1S/C16H25O7P/c1-10(2)23-24(20)9-8-12-13(17)14(18)15(19)16(22-12)21-11-6-4-3-5-7-11/h3-7,10,12-20H,8-9H2,1-2H3/t12?,13-,14?,15?,16+,24?/m1/s1. The van der Waals surface area contributed by atoms with Gasteiger partial charge in [0.15, 0.2) is 8.38 Å². The summed E-state index contributed by atoms with van der Waals surface area (Å²) in [5.41, 5.74) is 0. The van der Waals surface area contributed by atoms with Crippen LogP contribution in [0.2, 0.25) is 0 Å². The summed E-state index contributed by atoms with van der Waals surface area (Å²) in [6.45, 7) is 3.64. The van der Waals surface area contributed by atoms with E-state index in [1.165, 1.54) is 0 Å². The van der Waals surface area contributed by atoms with E-state index in [-0.39, 0.29) is 18.7 Å². The summed E-state index contributed by atoms with van der Waals surface area (Å²) in [6.07, 6.45) is -5.45. The number of ether oxygens (including phenoxy) is 2. The van der Waals surface area contributed by atoms with Gasteiger partial charge in [0, 0.05) is 6.16 Å². The molecule has 0 aromatic heterocycles. The van der Waals surface area contributed by atoms with Crippen LogP contribution in [-0.2, 0) is 9.26 Å². The third-order valence-corrected chi connectivity index (χ3v) is 4.91. The highest BCUT2D eigenvalue weighted by Crippen LogP contribution is 2.36. The van der Waals surface area contributed by atoms with Crippen LogP contribution < -0.4 is 4.74 Å². The fourth-order valence-corrected chi connectivity index (χ4v) is 3.49. The monoisotopic (exact) mass is 360 g/mol. The molecule has 1 fully saturated rings. The van der Waals surface area contributed by atoms with Gasteiger partial charge in [-0.1, -0.05) is 18.2 Å². The van der Waals surface area contributed by atoms with Crippen LogP contribution in [0.5, 0.6) is 5.75 Å². The maximum Gasteiger partial charge on any atom is 0.229 e. The molecular weight excluding hydrogens is 335 g/mol. The summed E-state index contributed by atoms with van der Waals surface area (Å²) in [7, 11) is -1.63. The molecule has 24 heavy (non-hydrogen) atoms. The molecule has 4 N–H and O–H groups in total.